The molecule has 2 rings (SSSR count). The summed E-state index contributed by atoms with van der Waals surface area (Å²) in [4.78, 5) is 27.2. The second-order valence-corrected chi connectivity index (χ2v) is 4.27. The van der Waals surface area contributed by atoms with Gasteiger partial charge in [-0.1, -0.05) is 0 Å². The number of amides is 1. The number of anilines is 1. The number of thiophene rings is 1. The maximum Gasteiger partial charge on any atom is 0.340 e. The zero-order chi connectivity index (χ0) is 13.0. The van der Waals surface area contributed by atoms with E-state index in [1.807, 2.05) is 0 Å². The number of nitrogens with zero attached hydrogens (tertiary/aromatic N) is 1. The van der Waals surface area contributed by atoms with Crippen LogP contribution < -0.4 is 5.32 Å². The number of rotatable bonds is 3. The lowest BCUT2D eigenvalue weighted by Crippen LogP contribution is -2.13. The molecule has 92 valence electrons. The summed E-state index contributed by atoms with van der Waals surface area (Å²) in [6.45, 7) is 0. The van der Waals surface area contributed by atoms with E-state index >= 15 is 0 Å². The van der Waals surface area contributed by atoms with E-state index in [-0.39, 0.29) is 5.91 Å². The molecule has 1 N–H and O–H groups in total. The van der Waals surface area contributed by atoms with E-state index in [0.29, 0.717) is 16.1 Å². The Hall–Kier alpha value is -2.21. The van der Waals surface area contributed by atoms with E-state index in [0.717, 1.165) is 0 Å². The molecular weight excluding hydrogens is 252 g/mol. The van der Waals surface area contributed by atoms with Crippen molar-refractivity contribution in [3.63, 3.8) is 0 Å². The fourth-order valence-corrected chi connectivity index (χ4v) is 2.12. The lowest BCUT2D eigenvalue weighted by Gasteiger charge is -2.04. The number of esters is 1. The molecular formula is C12H10N2O3S. The molecule has 6 heteroatoms. The minimum absolute atomic E-state index is 0.310. The highest BCUT2D eigenvalue weighted by atomic mass is 32.1. The van der Waals surface area contributed by atoms with Crippen LogP contribution >= 0.6 is 11.3 Å². The lowest BCUT2D eigenvalue weighted by atomic mass is 10.2. The molecule has 0 saturated heterocycles. The number of ether oxygens (including phenoxy) is 1. The predicted molar refractivity (Wildman–Crippen MR) is 67.8 cm³/mol. The van der Waals surface area contributed by atoms with Gasteiger partial charge >= 0.3 is 5.97 Å². The van der Waals surface area contributed by atoms with Crippen molar-refractivity contribution in [2.45, 2.75) is 0 Å². The summed E-state index contributed by atoms with van der Waals surface area (Å²) in [6, 6.07) is 4.92. The van der Waals surface area contributed by atoms with Crippen LogP contribution in [0.15, 0.2) is 36.0 Å². The van der Waals surface area contributed by atoms with Crippen LogP contribution in [0.25, 0.3) is 0 Å². The van der Waals surface area contributed by atoms with E-state index in [1.165, 1.54) is 24.6 Å². The van der Waals surface area contributed by atoms with Crippen LogP contribution in [0.5, 0.6) is 0 Å². The third-order valence-electron chi connectivity index (χ3n) is 2.22. The maximum atomic E-state index is 11.9. The van der Waals surface area contributed by atoms with Gasteiger partial charge in [0.1, 0.15) is 5.00 Å². The van der Waals surface area contributed by atoms with Crippen molar-refractivity contribution in [1.29, 1.82) is 0 Å². The molecule has 0 aliphatic rings. The zero-order valence-corrected chi connectivity index (χ0v) is 10.4. The average Bonchev–Trinajstić information content (AvgIpc) is 2.87. The Balaban J connectivity index is 2.18. The van der Waals surface area contributed by atoms with Crippen molar-refractivity contribution in [3.8, 4) is 0 Å². The van der Waals surface area contributed by atoms with Gasteiger partial charge in [0.05, 0.1) is 18.2 Å². The van der Waals surface area contributed by atoms with Gasteiger partial charge in [0.2, 0.25) is 0 Å². The molecule has 5 nitrogen and oxygen atoms in total. The third kappa shape index (κ3) is 2.54. The SMILES string of the molecule is COC(=O)c1ccsc1NC(=O)c1cccnc1. The van der Waals surface area contributed by atoms with E-state index in [2.05, 4.69) is 15.0 Å². The van der Waals surface area contributed by atoms with Gasteiger partial charge in [0, 0.05) is 12.4 Å². The summed E-state index contributed by atoms with van der Waals surface area (Å²) < 4.78 is 4.63. The molecule has 0 aromatic carbocycles. The zero-order valence-electron chi connectivity index (χ0n) is 9.54. The fraction of sp³-hybridized carbons (Fsp3) is 0.0833. The summed E-state index contributed by atoms with van der Waals surface area (Å²) in [5, 5.41) is 4.84. The highest BCUT2D eigenvalue weighted by Crippen LogP contribution is 2.24. The molecule has 2 aromatic rings. The fourth-order valence-electron chi connectivity index (χ4n) is 1.35. The standard InChI is InChI=1S/C12H10N2O3S/c1-17-12(16)9-4-6-18-11(9)14-10(15)8-3-2-5-13-7-8/h2-7H,1H3,(H,14,15). The molecule has 0 bridgehead atoms. The van der Waals surface area contributed by atoms with Gasteiger partial charge in [-0.25, -0.2) is 4.79 Å². The summed E-state index contributed by atoms with van der Waals surface area (Å²) in [6.07, 6.45) is 3.04. The molecule has 0 spiro atoms. The van der Waals surface area contributed by atoms with Gasteiger partial charge in [-0.05, 0) is 23.6 Å². The van der Waals surface area contributed by atoms with Gasteiger partial charge in [-0.15, -0.1) is 11.3 Å². The van der Waals surface area contributed by atoms with Gasteiger partial charge in [-0.3, -0.25) is 9.78 Å². The van der Waals surface area contributed by atoms with Crippen LogP contribution in [0.2, 0.25) is 0 Å². The Morgan fingerprint density at radius 1 is 1.39 bits per heavy atom. The average molecular weight is 262 g/mol. The van der Waals surface area contributed by atoms with Crippen LogP contribution in [-0.2, 0) is 4.74 Å². The van der Waals surface area contributed by atoms with Crippen molar-refractivity contribution in [1.82, 2.24) is 4.98 Å². The van der Waals surface area contributed by atoms with E-state index in [9.17, 15) is 9.59 Å². The molecule has 2 aromatic heterocycles. The number of aromatic nitrogens is 1. The van der Waals surface area contributed by atoms with Gasteiger partial charge in [0.25, 0.3) is 5.91 Å². The molecule has 0 atom stereocenters. The lowest BCUT2D eigenvalue weighted by molar-refractivity contribution is 0.0602. The Kier molecular flexibility index (Phi) is 3.69. The first-order valence-electron chi connectivity index (χ1n) is 5.09. The Morgan fingerprint density at radius 3 is 2.89 bits per heavy atom. The maximum absolute atomic E-state index is 11.9. The number of methoxy groups -OCH3 is 1. The highest BCUT2D eigenvalue weighted by Gasteiger charge is 2.15. The van der Waals surface area contributed by atoms with Crippen molar-refractivity contribution >= 4 is 28.2 Å². The monoisotopic (exact) mass is 262 g/mol. The van der Waals surface area contributed by atoms with Gasteiger partial charge in [-0.2, -0.15) is 0 Å². The second-order valence-electron chi connectivity index (χ2n) is 3.35. The topological polar surface area (TPSA) is 68.3 Å². The number of hydrogen-bond acceptors (Lipinski definition) is 5. The third-order valence-corrected chi connectivity index (χ3v) is 3.05. The molecule has 18 heavy (non-hydrogen) atoms. The van der Waals surface area contributed by atoms with E-state index in [4.69, 9.17) is 0 Å². The highest BCUT2D eigenvalue weighted by molar-refractivity contribution is 7.14. The smallest absolute Gasteiger partial charge is 0.340 e. The number of carbonyl (C=O) groups is 2. The van der Waals surface area contributed by atoms with E-state index < -0.39 is 5.97 Å². The minimum atomic E-state index is -0.474. The number of pyridine rings is 1. The first-order chi connectivity index (χ1) is 8.72. The molecule has 2 heterocycles. The molecule has 1 amide bonds. The summed E-state index contributed by atoms with van der Waals surface area (Å²) in [7, 11) is 1.30. The first kappa shape index (κ1) is 12.3. The van der Waals surface area contributed by atoms with Crippen LogP contribution in [0.3, 0.4) is 0 Å². The Bertz CT molecular complexity index is 566. The molecule has 0 saturated carbocycles. The minimum Gasteiger partial charge on any atom is -0.465 e. The number of hydrogen-bond donors (Lipinski definition) is 1. The van der Waals surface area contributed by atoms with Crippen LogP contribution in [-0.4, -0.2) is 24.0 Å². The van der Waals surface area contributed by atoms with Crippen LogP contribution in [0, 0.1) is 0 Å². The largest absolute Gasteiger partial charge is 0.465 e. The number of carbonyl (C=O) groups excluding carboxylic acids is 2. The van der Waals surface area contributed by atoms with E-state index in [1.54, 1.807) is 29.8 Å². The first-order valence-corrected chi connectivity index (χ1v) is 5.97. The molecule has 0 fully saturated rings. The predicted octanol–water partition coefficient (Wildman–Crippen LogP) is 2.18. The molecule has 0 unspecified atom stereocenters. The normalized spacial score (nSPS) is 9.83. The quantitative estimate of drug-likeness (QED) is 0.861. The molecule has 0 aliphatic heterocycles. The Labute approximate surface area is 107 Å². The van der Waals surface area contributed by atoms with Crippen LogP contribution in [0.4, 0.5) is 5.00 Å². The van der Waals surface area contributed by atoms with Crippen molar-refractivity contribution in [3.05, 3.63) is 47.1 Å². The van der Waals surface area contributed by atoms with Crippen molar-refractivity contribution in [2.24, 2.45) is 0 Å². The van der Waals surface area contributed by atoms with Gasteiger partial charge in [0.15, 0.2) is 0 Å². The second kappa shape index (κ2) is 5.42. The van der Waals surface area contributed by atoms with Crippen molar-refractivity contribution in [2.75, 3.05) is 12.4 Å². The Morgan fingerprint density at radius 2 is 2.22 bits per heavy atom. The molecule has 0 radical (unpaired) electrons. The number of nitrogens with one attached hydrogen (secondary N) is 1. The summed E-state index contributed by atoms with van der Waals surface area (Å²) >= 11 is 1.26. The summed E-state index contributed by atoms with van der Waals surface area (Å²) in [5.41, 5.74) is 0.779. The molecule has 0 aliphatic carbocycles. The van der Waals surface area contributed by atoms with Gasteiger partial charge < -0.3 is 10.1 Å². The van der Waals surface area contributed by atoms with Crippen molar-refractivity contribution < 1.29 is 14.3 Å². The van der Waals surface area contributed by atoms with Crippen LogP contribution in [0.1, 0.15) is 20.7 Å². The summed E-state index contributed by atoms with van der Waals surface area (Å²) in [5.74, 6) is -0.784.